The number of carbonyl (C=O) groups is 2. The molecule has 1 N–H and O–H groups in total. The first-order valence-corrected chi connectivity index (χ1v) is 23.3. The smallest absolute Gasteiger partial charge is 0.410 e. The number of fused-ring (bicyclic) bond motifs is 1. The molecule has 0 saturated carbocycles. The van der Waals surface area contributed by atoms with Gasteiger partial charge in [0.2, 0.25) is 5.91 Å². The average Bonchev–Trinajstić information content (AvgIpc) is 3.35. The summed E-state index contributed by atoms with van der Waals surface area (Å²) in [6.07, 6.45) is -0.402. The summed E-state index contributed by atoms with van der Waals surface area (Å²) >= 11 is 0. The first-order valence-electron chi connectivity index (χ1n) is 23.3. The number of nitrogens with zero attached hydrogens (tertiary/aromatic N) is 2. The zero-order chi connectivity index (χ0) is 50.5. The second-order valence-electron chi connectivity index (χ2n) is 18.1. The number of methoxy groups -OCH3 is 4. The number of amides is 2. The number of hydrogen-bond acceptors (Lipinski definition) is 12. The minimum atomic E-state index is -1.27. The molecule has 374 valence electrons. The number of aryl methyl sites for hydroxylation is 1. The summed E-state index contributed by atoms with van der Waals surface area (Å²) in [6, 6.07) is 26.9. The van der Waals surface area contributed by atoms with Crippen molar-refractivity contribution >= 4 is 12.0 Å². The zero-order valence-electron chi connectivity index (χ0n) is 42.2. The number of likely N-dealkylation sites (N-methyl/N-ethyl adjacent to an activating group) is 1. The van der Waals surface area contributed by atoms with Crippen molar-refractivity contribution in [1.29, 1.82) is 0 Å². The molecule has 0 saturated heterocycles. The van der Waals surface area contributed by atoms with E-state index in [1.807, 2.05) is 105 Å². The van der Waals surface area contributed by atoms with Gasteiger partial charge in [-0.25, -0.2) is 4.79 Å². The number of β-amino-alcohol motifs (C(OH)–C–C–N with tert-alkyl or cyclic N) is 1. The lowest BCUT2D eigenvalue weighted by Crippen LogP contribution is -2.55. The molecule has 3 atom stereocenters. The topological polar surface area (TPSA) is 144 Å². The largest absolute Gasteiger partial charge is 0.497 e. The maximum atomic E-state index is 16.0. The highest BCUT2D eigenvalue weighted by Crippen LogP contribution is 2.52. The van der Waals surface area contributed by atoms with Crippen molar-refractivity contribution in [2.75, 3.05) is 55.2 Å². The van der Waals surface area contributed by atoms with Gasteiger partial charge in [-0.3, -0.25) is 9.69 Å². The molecule has 2 unspecified atom stereocenters. The van der Waals surface area contributed by atoms with Gasteiger partial charge in [0.15, 0.2) is 23.0 Å². The quantitative estimate of drug-likeness (QED) is 0.0660. The van der Waals surface area contributed by atoms with Crippen LogP contribution in [0.15, 0.2) is 104 Å². The lowest BCUT2D eigenvalue weighted by atomic mass is 9.86. The third-order valence-electron chi connectivity index (χ3n) is 12.1. The van der Waals surface area contributed by atoms with Gasteiger partial charge in [-0.15, -0.1) is 0 Å². The van der Waals surface area contributed by atoms with Crippen LogP contribution in [0.5, 0.6) is 34.5 Å². The number of hydrogen-bond donors (Lipinski definition) is 1. The molecule has 0 fully saturated rings. The summed E-state index contributed by atoms with van der Waals surface area (Å²) in [7, 11) is 7.78. The molecule has 1 aliphatic heterocycles. The van der Waals surface area contributed by atoms with E-state index in [9.17, 15) is 9.90 Å². The van der Waals surface area contributed by atoms with Gasteiger partial charge in [0, 0.05) is 35.7 Å². The van der Waals surface area contributed by atoms with Crippen LogP contribution in [-0.2, 0) is 51.9 Å². The molecular weight excluding hydrogens is 893 g/mol. The molecule has 1 heterocycles. The Morgan fingerprint density at radius 2 is 1.34 bits per heavy atom. The molecule has 0 aromatic heterocycles. The maximum Gasteiger partial charge on any atom is 0.410 e. The van der Waals surface area contributed by atoms with Gasteiger partial charge in [-0.2, -0.15) is 0 Å². The molecule has 2 amide bonds. The summed E-state index contributed by atoms with van der Waals surface area (Å²) in [5.41, 5.74) is 5.38. The number of benzene rings is 5. The molecule has 0 aliphatic carbocycles. The lowest BCUT2D eigenvalue weighted by Gasteiger charge is -2.43. The van der Waals surface area contributed by atoms with Gasteiger partial charge in [-0.1, -0.05) is 91.5 Å². The van der Waals surface area contributed by atoms with Crippen molar-refractivity contribution in [3.63, 3.8) is 0 Å². The minimum absolute atomic E-state index is 0.0264. The third kappa shape index (κ3) is 12.5. The predicted octanol–water partition coefficient (Wildman–Crippen LogP) is 9.81. The van der Waals surface area contributed by atoms with Crippen LogP contribution in [-0.4, -0.2) is 93.8 Å². The van der Waals surface area contributed by atoms with Crippen LogP contribution in [0.2, 0.25) is 0 Å². The Labute approximate surface area is 412 Å². The standard InChI is InChI=1S/C56H68N2O12/c1-12-27-68-50-37(3)51(64-10)53(65-11)47-45(35-67-31-38-19-15-13-16-20-38)58(30-46(59)48(47)50)54(60)44(57(7)55(61)70-56(4,5)6)29-41-28-36(2)49(63-9)52(69-33-39-21-17-14-18-22-39)43(41)34-66-32-40-23-25-42(62-8)26-24-40/h12-26,28,44-46,59H,1,27,29-35H2,2-11H3/t44?,45-,46?/m0/s1. The van der Waals surface area contributed by atoms with Gasteiger partial charge in [-0.05, 0) is 74.6 Å². The lowest BCUT2D eigenvalue weighted by molar-refractivity contribution is -0.144. The molecule has 0 radical (unpaired) electrons. The van der Waals surface area contributed by atoms with Crippen LogP contribution >= 0.6 is 0 Å². The highest BCUT2D eigenvalue weighted by molar-refractivity contribution is 5.87. The van der Waals surface area contributed by atoms with E-state index in [1.165, 1.54) is 19.1 Å². The van der Waals surface area contributed by atoms with E-state index >= 15 is 4.79 Å². The average molecular weight is 961 g/mol. The van der Waals surface area contributed by atoms with Crippen molar-refractivity contribution in [3.8, 4) is 34.5 Å². The van der Waals surface area contributed by atoms with Crippen LogP contribution in [0.4, 0.5) is 4.79 Å². The molecule has 5 aromatic carbocycles. The van der Waals surface area contributed by atoms with E-state index in [4.69, 9.17) is 42.6 Å². The maximum absolute atomic E-state index is 16.0. The van der Waals surface area contributed by atoms with Crippen LogP contribution in [0.3, 0.4) is 0 Å². The van der Waals surface area contributed by atoms with Crippen LogP contribution < -0.4 is 28.4 Å². The molecule has 14 heteroatoms. The van der Waals surface area contributed by atoms with Crippen LogP contribution in [0.1, 0.15) is 83.0 Å². The van der Waals surface area contributed by atoms with Gasteiger partial charge in [0.05, 0.1) is 67.5 Å². The van der Waals surface area contributed by atoms with Crippen molar-refractivity contribution < 1.29 is 57.3 Å². The monoisotopic (exact) mass is 960 g/mol. The summed E-state index contributed by atoms with van der Waals surface area (Å²) < 4.78 is 55.3. The second kappa shape index (κ2) is 24.2. The highest BCUT2D eigenvalue weighted by Gasteiger charge is 2.45. The molecule has 1 aliphatic rings. The molecule has 0 bridgehead atoms. The van der Waals surface area contributed by atoms with Gasteiger partial charge >= 0.3 is 6.09 Å². The van der Waals surface area contributed by atoms with Gasteiger partial charge < -0.3 is 52.6 Å². The Morgan fingerprint density at radius 1 is 0.743 bits per heavy atom. The Balaban J connectivity index is 1.51. The number of aliphatic hydroxyl groups excluding tert-OH is 1. The second-order valence-corrected chi connectivity index (χ2v) is 18.1. The first kappa shape index (κ1) is 52.6. The number of carbonyl (C=O) groups excluding carboxylic acids is 2. The summed E-state index contributed by atoms with van der Waals surface area (Å²) in [5.74, 6) is 2.24. The SMILES string of the molecule is C=CCOc1c(C)c(OC)c(OC)c2c1C(O)CN(C(=O)C(Cc1cc(C)c(OC)c(OCc3ccccc3)c1COCc1ccc(OC)cc1)N(C)C(=O)OC(C)(C)C)[C@H]2COCc1ccccc1. The van der Waals surface area contributed by atoms with E-state index in [2.05, 4.69) is 6.58 Å². The van der Waals surface area contributed by atoms with Crippen LogP contribution in [0.25, 0.3) is 0 Å². The van der Waals surface area contributed by atoms with E-state index in [0.717, 1.165) is 28.0 Å². The fourth-order valence-corrected chi connectivity index (χ4v) is 8.72. The van der Waals surface area contributed by atoms with Gasteiger partial charge in [0.25, 0.3) is 0 Å². The van der Waals surface area contributed by atoms with Crippen molar-refractivity contribution in [2.45, 2.75) is 91.3 Å². The van der Waals surface area contributed by atoms with Crippen LogP contribution in [0, 0.1) is 13.8 Å². The summed E-state index contributed by atoms with van der Waals surface area (Å²) in [5, 5.41) is 12.3. The Hall–Kier alpha value is -6.74. The predicted molar refractivity (Wildman–Crippen MR) is 267 cm³/mol. The number of ether oxygens (including phenoxy) is 9. The summed E-state index contributed by atoms with van der Waals surface area (Å²) in [6.45, 7) is 13.5. The fourth-order valence-electron chi connectivity index (χ4n) is 8.72. The first-order chi connectivity index (χ1) is 33.6. The van der Waals surface area contributed by atoms with E-state index in [0.29, 0.717) is 56.6 Å². The van der Waals surface area contributed by atoms with E-state index in [1.54, 1.807) is 53.0 Å². The van der Waals surface area contributed by atoms with Crippen molar-refractivity contribution in [3.05, 3.63) is 154 Å². The van der Waals surface area contributed by atoms with E-state index in [-0.39, 0.29) is 52.6 Å². The Bertz CT molecular complexity index is 2540. The number of rotatable bonds is 22. The minimum Gasteiger partial charge on any atom is -0.497 e. The van der Waals surface area contributed by atoms with E-state index < -0.39 is 35.8 Å². The molecule has 6 rings (SSSR count). The Kier molecular flexibility index (Phi) is 18.2. The van der Waals surface area contributed by atoms with Crippen molar-refractivity contribution in [2.24, 2.45) is 0 Å². The van der Waals surface area contributed by atoms with Gasteiger partial charge in [0.1, 0.15) is 42.5 Å². The third-order valence-corrected chi connectivity index (χ3v) is 12.1. The molecule has 0 spiro atoms. The normalized spacial score (nSPS) is 14.8. The molecule has 5 aromatic rings. The molecular formula is C56H68N2O12. The van der Waals surface area contributed by atoms with Crippen molar-refractivity contribution in [1.82, 2.24) is 9.80 Å². The number of aliphatic hydroxyl groups is 1. The Morgan fingerprint density at radius 3 is 1.93 bits per heavy atom. The summed E-state index contributed by atoms with van der Waals surface area (Å²) in [4.78, 5) is 33.1. The zero-order valence-corrected chi connectivity index (χ0v) is 42.2. The fraction of sp³-hybridized carbons (Fsp3) is 0.393. The molecule has 14 nitrogen and oxygen atoms in total. The highest BCUT2D eigenvalue weighted by atomic mass is 16.6. The molecule has 70 heavy (non-hydrogen) atoms.